The molecule has 0 aliphatic rings. The first-order chi connectivity index (χ1) is 14.2. The molecule has 0 aromatic heterocycles. The second-order valence-corrected chi connectivity index (χ2v) is 8.25. The molecule has 154 valence electrons. The maximum absolute atomic E-state index is 12.6. The van der Waals surface area contributed by atoms with Crippen molar-refractivity contribution in [2.75, 3.05) is 10.0 Å². The number of amides is 1. The number of para-hydroxylation sites is 2. The van der Waals surface area contributed by atoms with Crippen molar-refractivity contribution in [1.82, 2.24) is 0 Å². The maximum atomic E-state index is 12.6. The number of hydrogen-bond donors (Lipinski definition) is 2. The molecule has 0 unspecified atom stereocenters. The summed E-state index contributed by atoms with van der Waals surface area (Å²) in [6.07, 6.45) is 0. The van der Waals surface area contributed by atoms with E-state index in [-0.39, 0.29) is 27.8 Å². The third kappa shape index (κ3) is 5.24. The molecule has 8 heteroatoms. The van der Waals surface area contributed by atoms with Gasteiger partial charge in [-0.15, -0.1) is 0 Å². The van der Waals surface area contributed by atoms with Crippen molar-refractivity contribution in [2.45, 2.75) is 18.7 Å². The van der Waals surface area contributed by atoms with E-state index in [0.29, 0.717) is 5.69 Å². The van der Waals surface area contributed by atoms with Gasteiger partial charge in [0.15, 0.2) is 5.75 Å². The van der Waals surface area contributed by atoms with Crippen LogP contribution in [-0.4, -0.2) is 20.3 Å². The van der Waals surface area contributed by atoms with Gasteiger partial charge in [-0.1, -0.05) is 35.9 Å². The fourth-order valence-electron chi connectivity index (χ4n) is 2.65. The molecule has 0 spiro atoms. The molecule has 1 amide bonds. The fraction of sp³-hybridized carbons (Fsp3) is 0.0909. The molecule has 3 aromatic rings. The third-order valence-electron chi connectivity index (χ3n) is 4.08. The molecule has 0 atom stereocenters. The van der Waals surface area contributed by atoms with Crippen LogP contribution in [0.15, 0.2) is 77.7 Å². The summed E-state index contributed by atoms with van der Waals surface area (Å²) in [5.41, 5.74) is 1.67. The zero-order valence-electron chi connectivity index (χ0n) is 16.4. The lowest BCUT2D eigenvalue weighted by atomic mass is 10.2. The van der Waals surface area contributed by atoms with Crippen LogP contribution < -0.4 is 14.8 Å². The monoisotopic (exact) mass is 424 g/mol. The van der Waals surface area contributed by atoms with Crippen molar-refractivity contribution in [2.24, 2.45) is 0 Å². The van der Waals surface area contributed by atoms with E-state index in [4.69, 9.17) is 4.74 Å². The largest absolute Gasteiger partial charge is 0.421 e. The van der Waals surface area contributed by atoms with Gasteiger partial charge in [-0.05, 0) is 49.4 Å². The number of esters is 1. The lowest BCUT2D eigenvalue weighted by Crippen LogP contribution is -2.15. The molecule has 2 N–H and O–H groups in total. The Bertz CT molecular complexity index is 1190. The van der Waals surface area contributed by atoms with Gasteiger partial charge in [0.1, 0.15) is 0 Å². The molecule has 0 fully saturated rings. The zero-order chi connectivity index (χ0) is 21.7. The molecule has 0 saturated heterocycles. The third-order valence-corrected chi connectivity index (χ3v) is 5.48. The van der Waals surface area contributed by atoms with Crippen LogP contribution in [-0.2, 0) is 14.8 Å². The standard InChI is InChI=1S/C22H20N2O5S/c1-15-10-12-19(13-11-15)30(27,28)24-18-7-5-6-17(14-18)22(26)29-21-9-4-3-8-20(21)23-16(2)25/h3-14,24H,1-2H3,(H,23,25). The molecular weight excluding hydrogens is 404 g/mol. The van der Waals surface area contributed by atoms with Crippen LogP contribution in [0.3, 0.4) is 0 Å². The van der Waals surface area contributed by atoms with E-state index in [1.165, 1.54) is 37.3 Å². The lowest BCUT2D eigenvalue weighted by molar-refractivity contribution is -0.114. The van der Waals surface area contributed by atoms with Crippen LogP contribution in [0.1, 0.15) is 22.8 Å². The van der Waals surface area contributed by atoms with Gasteiger partial charge in [-0.3, -0.25) is 9.52 Å². The van der Waals surface area contributed by atoms with Gasteiger partial charge in [0.25, 0.3) is 10.0 Å². The number of hydrogen-bond acceptors (Lipinski definition) is 5. The van der Waals surface area contributed by atoms with Crippen LogP contribution in [0.25, 0.3) is 0 Å². The Kier molecular flexibility index (Phi) is 6.17. The minimum Gasteiger partial charge on any atom is -0.421 e. The molecule has 0 aliphatic heterocycles. The van der Waals surface area contributed by atoms with Crippen LogP contribution in [0.4, 0.5) is 11.4 Å². The average molecular weight is 424 g/mol. The predicted molar refractivity (Wildman–Crippen MR) is 114 cm³/mol. The number of rotatable bonds is 6. The van der Waals surface area contributed by atoms with Crippen LogP contribution in [0, 0.1) is 6.92 Å². The van der Waals surface area contributed by atoms with E-state index < -0.39 is 16.0 Å². The fourth-order valence-corrected chi connectivity index (χ4v) is 3.70. The average Bonchev–Trinajstić information content (AvgIpc) is 2.69. The SMILES string of the molecule is CC(=O)Nc1ccccc1OC(=O)c1cccc(NS(=O)(=O)c2ccc(C)cc2)c1. The molecule has 0 aliphatic carbocycles. The summed E-state index contributed by atoms with van der Waals surface area (Å²) >= 11 is 0. The number of aryl methyl sites for hydroxylation is 1. The van der Waals surface area contributed by atoms with Crippen molar-refractivity contribution in [3.63, 3.8) is 0 Å². The molecule has 0 saturated carbocycles. The zero-order valence-corrected chi connectivity index (χ0v) is 17.2. The molecule has 3 rings (SSSR count). The molecule has 0 bridgehead atoms. The first-order valence-electron chi connectivity index (χ1n) is 9.03. The van der Waals surface area contributed by atoms with Gasteiger partial charge in [0, 0.05) is 12.6 Å². The van der Waals surface area contributed by atoms with Gasteiger partial charge in [0.2, 0.25) is 5.91 Å². The predicted octanol–water partition coefficient (Wildman–Crippen LogP) is 3.97. The summed E-state index contributed by atoms with van der Waals surface area (Å²) in [5.74, 6) is -0.807. The smallest absolute Gasteiger partial charge is 0.343 e. The second-order valence-electron chi connectivity index (χ2n) is 6.57. The van der Waals surface area contributed by atoms with Gasteiger partial charge in [-0.2, -0.15) is 0 Å². The second kappa shape index (κ2) is 8.79. The summed E-state index contributed by atoms with van der Waals surface area (Å²) in [4.78, 5) is 24.0. The van der Waals surface area contributed by atoms with Crippen molar-refractivity contribution in [3.8, 4) is 5.75 Å². The van der Waals surface area contributed by atoms with E-state index in [1.807, 2.05) is 6.92 Å². The Morgan fingerprint density at radius 1 is 0.900 bits per heavy atom. The highest BCUT2D eigenvalue weighted by Crippen LogP contribution is 2.25. The van der Waals surface area contributed by atoms with E-state index in [9.17, 15) is 18.0 Å². The number of nitrogens with one attached hydrogen (secondary N) is 2. The van der Waals surface area contributed by atoms with Crippen molar-refractivity contribution < 1.29 is 22.7 Å². The van der Waals surface area contributed by atoms with Crippen molar-refractivity contribution in [1.29, 1.82) is 0 Å². The number of benzene rings is 3. The number of anilines is 2. The summed E-state index contributed by atoms with van der Waals surface area (Å²) in [5, 5.41) is 2.59. The highest BCUT2D eigenvalue weighted by atomic mass is 32.2. The summed E-state index contributed by atoms with van der Waals surface area (Å²) in [6.45, 7) is 3.21. The number of ether oxygens (including phenoxy) is 1. The molecule has 0 heterocycles. The Morgan fingerprint density at radius 3 is 2.30 bits per heavy atom. The molecule has 0 radical (unpaired) electrons. The van der Waals surface area contributed by atoms with Gasteiger partial charge in [-0.25, -0.2) is 13.2 Å². The first kappa shape index (κ1) is 21.1. The number of carbonyl (C=O) groups excluding carboxylic acids is 2. The quantitative estimate of drug-likeness (QED) is 0.460. The Labute approximate surface area is 174 Å². The minimum absolute atomic E-state index is 0.116. The molecular formula is C22H20N2O5S. The van der Waals surface area contributed by atoms with Crippen LogP contribution in [0.2, 0.25) is 0 Å². The summed E-state index contributed by atoms with van der Waals surface area (Å²) in [6, 6.07) is 18.9. The van der Waals surface area contributed by atoms with Crippen LogP contribution in [0.5, 0.6) is 5.75 Å². The molecule has 30 heavy (non-hydrogen) atoms. The van der Waals surface area contributed by atoms with Gasteiger partial charge in [0.05, 0.1) is 16.1 Å². The van der Waals surface area contributed by atoms with E-state index in [2.05, 4.69) is 10.0 Å². The summed E-state index contributed by atoms with van der Waals surface area (Å²) in [7, 11) is -3.80. The van der Waals surface area contributed by atoms with Crippen LogP contribution >= 0.6 is 0 Å². The van der Waals surface area contributed by atoms with E-state index in [0.717, 1.165) is 5.56 Å². The maximum Gasteiger partial charge on any atom is 0.343 e. The van der Waals surface area contributed by atoms with Gasteiger partial charge >= 0.3 is 5.97 Å². The lowest BCUT2D eigenvalue weighted by Gasteiger charge is -2.12. The Morgan fingerprint density at radius 2 is 1.60 bits per heavy atom. The minimum atomic E-state index is -3.80. The number of sulfonamides is 1. The molecule has 3 aromatic carbocycles. The highest BCUT2D eigenvalue weighted by Gasteiger charge is 2.16. The van der Waals surface area contributed by atoms with Crippen molar-refractivity contribution in [3.05, 3.63) is 83.9 Å². The van der Waals surface area contributed by atoms with E-state index in [1.54, 1.807) is 42.5 Å². The Hall–Kier alpha value is -3.65. The summed E-state index contributed by atoms with van der Waals surface area (Å²) < 4.78 is 33.0. The first-order valence-corrected chi connectivity index (χ1v) is 10.5. The highest BCUT2D eigenvalue weighted by molar-refractivity contribution is 7.92. The normalized spacial score (nSPS) is 10.9. The Balaban J connectivity index is 1.79. The van der Waals surface area contributed by atoms with E-state index >= 15 is 0 Å². The topological polar surface area (TPSA) is 102 Å². The number of carbonyl (C=O) groups is 2. The van der Waals surface area contributed by atoms with Gasteiger partial charge < -0.3 is 10.1 Å². The van der Waals surface area contributed by atoms with Crippen molar-refractivity contribution >= 4 is 33.3 Å². The molecule has 7 nitrogen and oxygen atoms in total.